The Bertz CT molecular complexity index is 818. The third kappa shape index (κ3) is 2.44. The van der Waals surface area contributed by atoms with Gasteiger partial charge in [0.05, 0.1) is 11.1 Å². The number of hydrogen-bond acceptors (Lipinski definition) is 1. The summed E-state index contributed by atoms with van der Waals surface area (Å²) in [7, 11) is 0. The number of nitrogens with zero attached hydrogens (tertiary/aromatic N) is 1. The van der Waals surface area contributed by atoms with Gasteiger partial charge in [-0.15, -0.1) is 0 Å². The minimum Gasteiger partial charge on any atom is -0.399 e. The number of hydrogen-bond donors (Lipinski definition) is 1. The molecule has 0 fully saturated rings. The number of aromatic nitrogens is 1. The van der Waals surface area contributed by atoms with Crippen molar-refractivity contribution in [1.29, 1.82) is 0 Å². The molecule has 0 saturated carbocycles. The monoisotopic (exact) mass is 294 g/mol. The van der Waals surface area contributed by atoms with Gasteiger partial charge in [-0.2, -0.15) is 13.2 Å². The predicted octanol–water partition coefficient (Wildman–Crippen LogP) is 4.37. The summed E-state index contributed by atoms with van der Waals surface area (Å²) in [5, 5.41) is 0.603. The standard InChI is InChI=1S/C15H10F4N2/c16-11-1-2-14-9(5-11)3-4-21(14)13-7-10(15(17,18)19)6-12(20)8-13/h1-8H,20H2. The van der Waals surface area contributed by atoms with Crippen molar-refractivity contribution in [3.63, 3.8) is 0 Å². The molecule has 0 aliphatic rings. The Morgan fingerprint density at radius 1 is 0.952 bits per heavy atom. The first kappa shape index (κ1) is 13.5. The summed E-state index contributed by atoms with van der Waals surface area (Å²) < 4.78 is 53.2. The largest absolute Gasteiger partial charge is 0.416 e. The molecule has 0 amide bonds. The Balaban J connectivity index is 2.21. The molecular formula is C15H10F4N2. The van der Waals surface area contributed by atoms with E-state index >= 15 is 0 Å². The zero-order chi connectivity index (χ0) is 15.2. The summed E-state index contributed by atoms with van der Waals surface area (Å²) in [6.07, 6.45) is -2.89. The van der Waals surface area contributed by atoms with Crippen LogP contribution in [0.5, 0.6) is 0 Å². The number of benzene rings is 2. The van der Waals surface area contributed by atoms with Gasteiger partial charge in [-0.1, -0.05) is 0 Å². The third-order valence-electron chi connectivity index (χ3n) is 3.20. The molecule has 108 valence electrons. The molecule has 0 spiro atoms. The summed E-state index contributed by atoms with van der Waals surface area (Å²) in [4.78, 5) is 0. The zero-order valence-corrected chi connectivity index (χ0v) is 10.7. The summed E-state index contributed by atoms with van der Waals surface area (Å²) in [5.74, 6) is -0.399. The Kier molecular flexibility index (Phi) is 2.90. The molecule has 0 saturated heterocycles. The molecule has 1 aromatic heterocycles. The molecule has 3 aromatic rings. The van der Waals surface area contributed by atoms with Crippen LogP contribution in [0.3, 0.4) is 0 Å². The molecule has 0 radical (unpaired) electrons. The number of halogens is 4. The minimum atomic E-state index is -4.47. The maximum atomic E-state index is 13.2. The second-order valence-electron chi connectivity index (χ2n) is 4.70. The van der Waals surface area contributed by atoms with Gasteiger partial charge in [0.15, 0.2) is 0 Å². The summed E-state index contributed by atoms with van der Waals surface area (Å²) >= 11 is 0. The highest BCUT2D eigenvalue weighted by Gasteiger charge is 2.31. The van der Waals surface area contributed by atoms with Crippen molar-refractivity contribution < 1.29 is 17.6 Å². The molecule has 3 rings (SSSR count). The van der Waals surface area contributed by atoms with Crippen LogP contribution in [0.25, 0.3) is 16.6 Å². The molecule has 0 unspecified atom stereocenters. The van der Waals surface area contributed by atoms with Gasteiger partial charge in [-0.3, -0.25) is 0 Å². The average Bonchev–Trinajstić information content (AvgIpc) is 2.79. The summed E-state index contributed by atoms with van der Waals surface area (Å²) in [6, 6.07) is 9.07. The second kappa shape index (κ2) is 4.51. The van der Waals surface area contributed by atoms with Crippen molar-refractivity contribution in [1.82, 2.24) is 4.57 Å². The lowest BCUT2D eigenvalue weighted by Gasteiger charge is -2.12. The highest BCUT2D eigenvalue weighted by atomic mass is 19.4. The maximum absolute atomic E-state index is 13.2. The van der Waals surface area contributed by atoms with Crippen molar-refractivity contribution in [2.45, 2.75) is 6.18 Å². The highest BCUT2D eigenvalue weighted by Crippen LogP contribution is 2.33. The van der Waals surface area contributed by atoms with Crippen molar-refractivity contribution in [2.75, 3.05) is 5.73 Å². The van der Waals surface area contributed by atoms with Crippen LogP contribution in [0.15, 0.2) is 48.7 Å². The van der Waals surface area contributed by atoms with E-state index in [1.54, 1.807) is 16.8 Å². The molecule has 0 atom stereocenters. The molecule has 2 aromatic carbocycles. The molecule has 0 bridgehead atoms. The van der Waals surface area contributed by atoms with Gasteiger partial charge in [-0.25, -0.2) is 4.39 Å². The van der Waals surface area contributed by atoms with Crippen LogP contribution in [0.4, 0.5) is 23.2 Å². The number of fused-ring (bicyclic) bond motifs is 1. The van der Waals surface area contributed by atoms with Crippen molar-refractivity contribution in [3.05, 3.63) is 60.0 Å². The van der Waals surface area contributed by atoms with Crippen molar-refractivity contribution in [2.24, 2.45) is 0 Å². The maximum Gasteiger partial charge on any atom is 0.416 e. The number of anilines is 1. The number of nitrogens with two attached hydrogens (primary N) is 1. The Morgan fingerprint density at radius 3 is 2.43 bits per heavy atom. The SMILES string of the molecule is Nc1cc(-n2ccc3cc(F)ccc32)cc(C(F)(F)F)c1. The van der Waals surface area contributed by atoms with Gasteiger partial charge in [0.25, 0.3) is 0 Å². The van der Waals surface area contributed by atoms with E-state index in [4.69, 9.17) is 5.73 Å². The summed E-state index contributed by atoms with van der Waals surface area (Å²) in [5.41, 5.74) is 5.64. The lowest BCUT2D eigenvalue weighted by Crippen LogP contribution is -2.07. The van der Waals surface area contributed by atoms with Gasteiger partial charge in [0.2, 0.25) is 0 Å². The van der Waals surface area contributed by atoms with Gasteiger partial charge >= 0.3 is 6.18 Å². The Hall–Kier alpha value is -2.50. The molecule has 0 aliphatic heterocycles. The molecule has 1 heterocycles. The first-order chi connectivity index (χ1) is 9.84. The van der Waals surface area contributed by atoms with E-state index in [0.717, 1.165) is 12.1 Å². The number of nitrogen functional groups attached to an aromatic ring is 1. The quantitative estimate of drug-likeness (QED) is 0.524. The van der Waals surface area contributed by atoms with Gasteiger partial charge in [0.1, 0.15) is 5.82 Å². The van der Waals surface area contributed by atoms with Crippen LogP contribution in [0, 0.1) is 5.82 Å². The Labute approximate surface area is 117 Å². The number of alkyl halides is 3. The van der Waals surface area contributed by atoms with E-state index in [0.29, 0.717) is 10.9 Å². The molecule has 2 nitrogen and oxygen atoms in total. The van der Waals surface area contributed by atoms with E-state index in [2.05, 4.69) is 0 Å². The fourth-order valence-electron chi connectivity index (χ4n) is 2.28. The predicted molar refractivity (Wildman–Crippen MR) is 72.6 cm³/mol. The van der Waals surface area contributed by atoms with E-state index in [9.17, 15) is 17.6 Å². The van der Waals surface area contributed by atoms with E-state index < -0.39 is 17.6 Å². The molecular weight excluding hydrogens is 284 g/mol. The topological polar surface area (TPSA) is 30.9 Å². The van der Waals surface area contributed by atoms with Crippen molar-refractivity contribution in [3.8, 4) is 5.69 Å². The number of rotatable bonds is 1. The van der Waals surface area contributed by atoms with Crippen LogP contribution in [-0.4, -0.2) is 4.57 Å². The molecule has 0 aliphatic carbocycles. The Morgan fingerprint density at radius 2 is 1.71 bits per heavy atom. The summed E-state index contributed by atoms with van der Waals surface area (Å²) in [6.45, 7) is 0. The second-order valence-corrected chi connectivity index (χ2v) is 4.70. The van der Waals surface area contributed by atoms with Crippen LogP contribution < -0.4 is 5.73 Å². The molecule has 2 N–H and O–H groups in total. The van der Waals surface area contributed by atoms with E-state index in [-0.39, 0.29) is 11.4 Å². The lowest BCUT2D eigenvalue weighted by molar-refractivity contribution is -0.137. The minimum absolute atomic E-state index is 0.0174. The van der Waals surface area contributed by atoms with E-state index in [1.165, 1.54) is 24.3 Å². The van der Waals surface area contributed by atoms with Gasteiger partial charge < -0.3 is 10.3 Å². The van der Waals surface area contributed by atoms with Gasteiger partial charge in [0, 0.05) is 23.0 Å². The average molecular weight is 294 g/mol. The lowest BCUT2D eigenvalue weighted by atomic mass is 10.1. The fourth-order valence-corrected chi connectivity index (χ4v) is 2.28. The van der Waals surface area contributed by atoms with E-state index in [1.807, 2.05) is 0 Å². The van der Waals surface area contributed by atoms with Gasteiger partial charge in [-0.05, 0) is 42.5 Å². The molecule has 6 heteroatoms. The first-order valence-corrected chi connectivity index (χ1v) is 6.09. The van der Waals surface area contributed by atoms with Crippen LogP contribution in [0.2, 0.25) is 0 Å². The van der Waals surface area contributed by atoms with Crippen molar-refractivity contribution >= 4 is 16.6 Å². The van der Waals surface area contributed by atoms with Crippen LogP contribution in [-0.2, 0) is 6.18 Å². The van der Waals surface area contributed by atoms with Crippen LogP contribution >= 0.6 is 0 Å². The fraction of sp³-hybridized carbons (Fsp3) is 0.0667. The third-order valence-corrected chi connectivity index (χ3v) is 3.20. The van der Waals surface area contributed by atoms with Crippen LogP contribution in [0.1, 0.15) is 5.56 Å². The normalized spacial score (nSPS) is 12.0. The molecule has 21 heavy (non-hydrogen) atoms. The first-order valence-electron chi connectivity index (χ1n) is 6.09. The smallest absolute Gasteiger partial charge is 0.399 e. The highest BCUT2D eigenvalue weighted by molar-refractivity contribution is 5.82. The zero-order valence-electron chi connectivity index (χ0n) is 10.7.